The molecule has 1 nitrogen and oxygen atoms in total. The number of benzene rings is 1. The summed E-state index contributed by atoms with van der Waals surface area (Å²) in [6.07, 6.45) is 7.08. The number of thioether (sulfide) groups is 1. The van der Waals surface area contributed by atoms with Gasteiger partial charge >= 0.3 is 0 Å². The lowest BCUT2D eigenvalue weighted by atomic mass is 10.0. The second-order valence-electron chi connectivity index (χ2n) is 4.72. The molecule has 1 aromatic heterocycles. The molecular weight excluding hydrogens is 274 g/mol. The van der Waals surface area contributed by atoms with E-state index in [2.05, 4.69) is 49.9 Å². The minimum atomic E-state index is 0.596. The average molecular weight is 297 g/mol. The van der Waals surface area contributed by atoms with E-state index >= 15 is 0 Å². The topological polar surface area (TPSA) is 12.9 Å². The lowest BCUT2D eigenvalue weighted by molar-refractivity contribution is 1.11. The first-order valence-electron chi connectivity index (χ1n) is 7.30. The Bertz CT molecular complexity index is 606. The van der Waals surface area contributed by atoms with Gasteiger partial charge in [0, 0.05) is 27.5 Å². The van der Waals surface area contributed by atoms with Crippen LogP contribution in [-0.4, -0.2) is 10.2 Å². The van der Waals surface area contributed by atoms with Crippen LogP contribution in [0.25, 0.3) is 11.3 Å². The van der Waals surface area contributed by atoms with E-state index in [1.165, 1.54) is 10.5 Å². The second kappa shape index (κ2) is 8.54. The van der Waals surface area contributed by atoms with Crippen molar-refractivity contribution in [1.29, 1.82) is 0 Å². The van der Waals surface area contributed by atoms with Crippen molar-refractivity contribution in [2.45, 2.75) is 44.8 Å². The predicted octanol–water partition coefficient (Wildman–Crippen LogP) is 5.57. The zero-order valence-corrected chi connectivity index (χ0v) is 14.3. The Morgan fingerprint density at radius 3 is 2.33 bits per heavy atom. The summed E-state index contributed by atoms with van der Waals surface area (Å²) >= 11 is 1.88. The second-order valence-corrected chi connectivity index (χ2v) is 6.37. The highest BCUT2D eigenvalue weighted by Crippen LogP contribution is 2.29. The van der Waals surface area contributed by atoms with Crippen LogP contribution in [0, 0.1) is 19.3 Å². The fourth-order valence-electron chi connectivity index (χ4n) is 1.91. The van der Waals surface area contributed by atoms with Gasteiger partial charge in [0.1, 0.15) is 0 Å². The molecule has 2 heteroatoms. The predicted molar refractivity (Wildman–Crippen MR) is 94.7 cm³/mol. The molecule has 110 valence electrons. The highest BCUT2D eigenvalue weighted by atomic mass is 32.2. The van der Waals surface area contributed by atoms with Crippen molar-refractivity contribution >= 4 is 11.8 Å². The first kappa shape index (κ1) is 17.3. The van der Waals surface area contributed by atoms with Gasteiger partial charge in [-0.1, -0.05) is 39.7 Å². The maximum Gasteiger partial charge on any atom is 0.0705 e. The Morgan fingerprint density at radius 1 is 1.14 bits per heavy atom. The maximum absolute atomic E-state index is 5.34. The van der Waals surface area contributed by atoms with Gasteiger partial charge in [-0.2, -0.15) is 0 Å². The molecule has 1 aromatic carbocycles. The Morgan fingerprint density at radius 2 is 1.86 bits per heavy atom. The van der Waals surface area contributed by atoms with Gasteiger partial charge in [-0.3, -0.25) is 4.98 Å². The van der Waals surface area contributed by atoms with Crippen molar-refractivity contribution in [2.75, 3.05) is 0 Å². The highest BCUT2D eigenvalue weighted by molar-refractivity contribution is 7.99. The summed E-state index contributed by atoms with van der Waals surface area (Å²) in [7, 11) is 0. The molecule has 0 amide bonds. The number of nitrogens with zero attached hydrogens (tertiary/aromatic N) is 1. The number of hydrogen-bond donors (Lipinski definition) is 0. The molecule has 0 aliphatic carbocycles. The standard InChI is InChI=1S/C17H17NS.C2H6/c1-5-14-6-9-17(18-11-14)16-8-7-15(10-13(16)4)19-12(2)3;1-2/h1,6-12H,2-4H3;1-2H3. The van der Waals surface area contributed by atoms with Gasteiger partial charge in [0.05, 0.1) is 5.69 Å². The largest absolute Gasteiger partial charge is 0.255 e. The number of rotatable bonds is 3. The molecule has 0 aliphatic heterocycles. The molecule has 0 spiro atoms. The van der Waals surface area contributed by atoms with Gasteiger partial charge < -0.3 is 0 Å². The Labute approximate surface area is 133 Å². The normalized spacial score (nSPS) is 9.76. The number of aryl methyl sites for hydroxylation is 1. The molecule has 0 radical (unpaired) electrons. The van der Waals surface area contributed by atoms with Crippen molar-refractivity contribution < 1.29 is 0 Å². The van der Waals surface area contributed by atoms with E-state index in [0.717, 1.165) is 16.8 Å². The first-order valence-corrected chi connectivity index (χ1v) is 8.18. The van der Waals surface area contributed by atoms with Crippen LogP contribution >= 0.6 is 11.8 Å². The van der Waals surface area contributed by atoms with Gasteiger partial charge in [-0.05, 0) is 36.8 Å². The van der Waals surface area contributed by atoms with Crippen LogP contribution in [0.4, 0.5) is 0 Å². The molecule has 2 rings (SSSR count). The van der Waals surface area contributed by atoms with Crippen molar-refractivity contribution in [2.24, 2.45) is 0 Å². The van der Waals surface area contributed by atoms with E-state index in [1.54, 1.807) is 6.20 Å². The van der Waals surface area contributed by atoms with E-state index in [4.69, 9.17) is 6.42 Å². The molecule has 0 saturated carbocycles. The molecular formula is C19H23NS. The van der Waals surface area contributed by atoms with Gasteiger partial charge in [0.2, 0.25) is 0 Å². The molecule has 1 heterocycles. The van der Waals surface area contributed by atoms with E-state index < -0.39 is 0 Å². The molecule has 0 unspecified atom stereocenters. The third-order valence-electron chi connectivity index (χ3n) is 2.78. The average Bonchev–Trinajstić information content (AvgIpc) is 2.49. The van der Waals surface area contributed by atoms with E-state index in [-0.39, 0.29) is 0 Å². The summed E-state index contributed by atoms with van der Waals surface area (Å²) in [5.74, 6) is 2.59. The molecule has 0 atom stereocenters. The van der Waals surface area contributed by atoms with Crippen LogP contribution in [0.1, 0.15) is 38.8 Å². The van der Waals surface area contributed by atoms with Gasteiger partial charge in [-0.25, -0.2) is 0 Å². The van der Waals surface area contributed by atoms with Crippen LogP contribution in [0.15, 0.2) is 41.4 Å². The number of aromatic nitrogens is 1. The molecule has 0 aliphatic rings. The zero-order chi connectivity index (χ0) is 15.8. The first-order chi connectivity index (χ1) is 10.1. The summed E-state index contributed by atoms with van der Waals surface area (Å²) in [6, 6.07) is 10.4. The maximum atomic E-state index is 5.34. The third kappa shape index (κ3) is 4.95. The van der Waals surface area contributed by atoms with E-state index in [0.29, 0.717) is 5.25 Å². The molecule has 21 heavy (non-hydrogen) atoms. The van der Waals surface area contributed by atoms with Crippen LogP contribution in [0.2, 0.25) is 0 Å². The van der Waals surface area contributed by atoms with Crippen molar-refractivity contribution in [3.8, 4) is 23.6 Å². The van der Waals surface area contributed by atoms with Crippen LogP contribution in [0.5, 0.6) is 0 Å². The summed E-state index contributed by atoms with van der Waals surface area (Å²) < 4.78 is 0. The van der Waals surface area contributed by atoms with Crippen molar-refractivity contribution in [1.82, 2.24) is 4.98 Å². The van der Waals surface area contributed by atoms with Crippen molar-refractivity contribution in [3.05, 3.63) is 47.7 Å². The Balaban J connectivity index is 0.00000106. The SMILES string of the molecule is C#Cc1ccc(-c2ccc(SC(C)C)cc2C)nc1.CC. The Kier molecular flexibility index (Phi) is 7.05. The fraction of sp³-hybridized carbons (Fsp3) is 0.316. The quantitative estimate of drug-likeness (QED) is 0.543. The number of hydrogen-bond acceptors (Lipinski definition) is 2. The van der Waals surface area contributed by atoms with Crippen molar-refractivity contribution in [3.63, 3.8) is 0 Å². The molecule has 2 aromatic rings. The van der Waals surface area contributed by atoms with Crippen LogP contribution < -0.4 is 0 Å². The van der Waals surface area contributed by atoms with Crippen LogP contribution in [0.3, 0.4) is 0 Å². The smallest absolute Gasteiger partial charge is 0.0705 e. The van der Waals surface area contributed by atoms with Gasteiger partial charge in [0.15, 0.2) is 0 Å². The van der Waals surface area contributed by atoms with Crippen LogP contribution in [-0.2, 0) is 0 Å². The summed E-state index contributed by atoms with van der Waals surface area (Å²) in [5, 5.41) is 0.596. The Hall–Kier alpha value is -1.72. The monoisotopic (exact) mass is 297 g/mol. The molecule has 0 fully saturated rings. The minimum Gasteiger partial charge on any atom is -0.255 e. The zero-order valence-electron chi connectivity index (χ0n) is 13.5. The van der Waals surface area contributed by atoms with E-state index in [9.17, 15) is 0 Å². The number of pyridine rings is 1. The highest BCUT2D eigenvalue weighted by Gasteiger charge is 2.06. The lowest BCUT2D eigenvalue weighted by Crippen LogP contribution is -1.90. The summed E-state index contributed by atoms with van der Waals surface area (Å²) in [6.45, 7) is 10.5. The molecule has 0 bridgehead atoms. The fourth-order valence-corrected chi connectivity index (χ4v) is 2.84. The lowest BCUT2D eigenvalue weighted by Gasteiger charge is -2.09. The van der Waals surface area contributed by atoms with Gasteiger partial charge in [0.25, 0.3) is 0 Å². The molecule has 0 saturated heterocycles. The summed E-state index contributed by atoms with van der Waals surface area (Å²) in [5.41, 5.74) is 4.19. The van der Waals surface area contributed by atoms with E-state index in [1.807, 2.05) is 37.7 Å². The minimum absolute atomic E-state index is 0.596. The number of terminal acetylenes is 1. The third-order valence-corrected chi connectivity index (χ3v) is 3.77. The van der Waals surface area contributed by atoms with Gasteiger partial charge in [-0.15, -0.1) is 18.2 Å². The summed E-state index contributed by atoms with van der Waals surface area (Å²) in [4.78, 5) is 5.72. The molecule has 0 N–H and O–H groups in total.